The molecule has 0 bridgehead atoms. The Kier molecular flexibility index (Phi) is 6.03. The number of thiol groups is 3. The number of allylic oxidation sites excluding steroid dienone is 1. The highest BCUT2D eigenvalue weighted by molar-refractivity contribution is 7.82. The van der Waals surface area contributed by atoms with E-state index >= 15 is 0 Å². The lowest BCUT2D eigenvalue weighted by Crippen LogP contribution is -2.18. The standard InChI is InChI=1S/C27H21PS3/c29-20-16-25(30)27(26(31)17-20)22-12-6-7-13-23(22)28(19-9-2-1-3-10-19)24-15-14-18-8-4-5-11-21(18)24/h1-17,24,29-31H. The molecule has 1 aliphatic rings. The molecule has 5 rings (SSSR count). The molecule has 2 unspecified atom stereocenters. The molecule has 0 saturated heterocycles. The van der Waals surface area contributed by atoms with Gasteiger partial charge in [-0.25, -0.2) is 0 Å². The van der Waals surface area contributed by atoms with Gasteiger partial charge in [0.2, 0.25) is 0 Å². The average molecular weight is 473 g/mol. The first-order valence-corrected chi connectivity index (χ1v) is 12.8. The molecule has 4 aromatic carbocycles. The number of rotatable bonds is 4. The van der Waals surface area contributed by atoms with Gasteiger partial charge in [-0.3, -0.25) is 0 Å². The van der Waals surface area contributed by atoms with Crippen molar-refractivity contribution in [3.05, 3.63) is 108 Å². The summed E-state index contributed by atoms with van der Waals surface area (Å²) >= 11 is 14.1. The SMILES string of the molecule is Sc1cc(S)c(-c2ccccc2P(c2ccccc2)C2C=Cc3ccccc32)c(S)c1. The lowest BCUT2D eigenvalue weighted by atomic mass is 10.1. The van der Waals surface area contributed by atoms with E-state index in [1.807, 2.05) is 12.1 Å². The van der Waals surface area contributed by atoms with E-state index in [0.29, 0.717) is 5.66 Å². The van der Waals surface area contributed by atoms with Crippen LogP contribution < -0.4 is 10.6 Å². The minimum absolute atomic E-state index is 0.325. The molecule has 0 aliphatic heterocycles. The van der Waals surface area contributed by atoms with Gasteiger partial charge in [-0.1, -0.05) is 91.0 Å². The molecule has 0 N–H and O–H groups in total. The third-order valence-corrected chi connectivity index (χ3v) is 9.33. The van der Waals surface area contributed by atoms with Crippen molar-refractivity contribution in [3.8, 4) is 11.1 Å². The molecule has 0 saturated carbocycles. The Morgan fingerprint density at radius 2 is 1.32 bits per heavy atom. The van der Waals surface area contributed by atoms with E-state index in [-0.39, 0.29) is 0 Å². The van der Waals surface area contributed by atoms with Crippen LogP contribution in [-0.2, 0) is 0 Å². The molecule has 152 valence electrons. The Bertz CT molecular complexity index is 1260. The predicted molar refractivity (Wildman–Crippen MR) is 144 cm³/mol. The second kappa shape index (κ2) is 8.92. The highest BCUT2D eigenvalue weighted by atomic mass is 32.1. The van der Waals surface area contributed by atoms with E-state index < -0.39 is 7.92 Å². The van der Waals surface area contributed by atoms with Crippen molar-refractivity contribution in [2.45, 2.75) is 20.3 Å². The first-order valence-electron chi connectivity index (χ1n) is 10.1. The molecule has 31 heavy (non-hydrogen) atoms. The molecule has 2 atom stereocenters. The summed E-state index contributed by atoms with van der Waals surface area (Å²) in [5, 5.41) is 2.70. The van der Waals surface area contributed by atoms with E-state index in [0.717, 1.165) is 20.2 Å². The third-order valence-electron chi connectivity index (χ3n) is 5.60. The second-order valence-corrected chi connectivity index (χ2v) is 11.3. The molecule has 0 fully saturated rings. The summed E-state index contributed by atoms with van der Waals surface area (Å²) in [4.78, 5) is 2.67. The molecule has 0 nitrogen and oxygen atoms in total. The van der Waals surface area contributed by atoms with Crippen LogP contribution in [0.2, 0.25) is 0 Å². The topological polar surface area (TPSA) is 0 Å². The fourth-order valence-electron chi connectivity index (χ4n) is 4.26. The molecule has 0 aromatic heterocycles. The summed E-state index contributed by atoms with van der Waals surface area (Å²) < 4.78 is 0. The Morgan fingerprint density at radius 3 is 2.10 bits per heavy atom. The molecule has 0 amide bonds. The van der Waals surface area contributed by atoms with Crippen LogP contribution in [0, 0.1) is 0 Å². The maximum atomic E-state index is 4.80. The van der Waals surface area contributed by atoms with Crippen LogP contribution in [0.15, 0.2) is 112 Å². The highest BCUT2D eigenvalue weighted by Crippen LogP contribution is 2.55. The maximum absolute atomic E-state index is 4.80. The third kappa shape index (κ3) is 4.01. The van der Waals surface area contributed by atoms with Crippen LogP contribution in [0.3, 0.4) is 0 Å². The van der Waals surface area contributed by atoms with Gasteiger partial charge < -0.3 is 0 Å². The smallest absolute Gasteiger partial charge is 0.0311 e. The minimum Gasteiger partial charge on any atom is -0.143 e. The van der Waals surface area contributed by atoms with Crippen molar-refractivity contribution >= 4 is 62.5 Å². The van der Waals surface area contributed by atoms with Crippen molar-refractivity contribution in [3.63, 3.8) is 0 Å². The summed E-state index contributed by atoms with van der Waals surface area (Å²) in [5.41, 5.74) is 5.30. The van der Waals surface area contributed by atoms with E-state index in [2.05, 4.69) is 104 Å². The van der Waals surface area contributed by atoms with Gasteiger partial charge in [0.1, 0.15) is 0 Å². The lowest BCUT2D eigenvalue weighted by Gasteiger charge is -2.28. The van der Waals surface area contributed by atoms with Gasteiger partial charge >= 0.3 is 0 Å². The van der Waals surface area contributed by atoms with Crippen LogP contribution in [0.25, 0.3) is 17.2 Å². The molecule has 0 heterocycles. The number of benzene rings is 4. The molecule has 0 spiro atoms. The summed E-state index contributed by atoms with van der Waals surface area (Å²) in [6.45, 7) is 0. The molecule has 4 aromatic rings. The van der Waals surface area contributed by atoms with Gasteiger partial charge in [0.15, 0.2) is 0 Å². The highest BCUT2D eigenvalue weighted by Gasteiger charge is 2.30. The van der Waals surface area contributed by atoms with Crippen LogP contribution in [-0.4, -0.2) is 0 Å². The van der Waals surface area contributed by atoms with Crippen LogP contribution >= 0.6 is 45.8 Å². The molecule has 4 heteroatoms. The maximum Gasteiger partial charge on any atom is 0.0311 e. The number of hydrogen-bond acceptors (Lipinski definition) is 3. The van der Waals surface area contributed by atoms with Crippen LogP contribution in [0.4, 0.5) is 0 Å². The summed E-state index contributed by atoms with van der Waals surface area (Å²) in [6.07, 6.45) is 4.64. The zero-order valence-corrected chi connectivity index (χ0v) is 20.3. The molecular formula is C27H21PS3. The Hall–Kier alpha value is -1.90. The van der Waals surface area contributed by atoms with Gasteiger partial charge in [0, 0.05) is 25.9 Å². The van der Waals surface area contributed by atoms with E-state index in [4.69, 9.17) is 25.3 Å². The zero-order valence-electron chi connectivity index (χ0n) is 16.7. The fraction of sp³-hybridized carbons (Fsp3) is 0.0370. The fourth-order valence-corrected chi connectivity index (χ4v) is 8.43. The minimum atomic E-state index is -0.689. The number of hydrogen-bond donors (Lipinski definition) is 3. The Balaban J connectivity index is 1.75. The monoisotopic (exact) mass is 472 g/mol. The first kappa shape index (κ1) is 21.0. The Labute approximate surface area is 201 Å². The summed E-state index contributed by atoms with van der Waals surface area (Å²) in [7, 11) is -0.689. The molecular weight excluding hydrogens is 451 g/mol. The van der Waals surface area contributed by atoms with Gasteiger partial charge in [-0.15, -0.1) is 37.9 Å². The van der Waals surface area contributed by atoms with Crippen molar-refractivity contribution < 1.29 is 0 Å². The second-order valence-electron chi connectivity index (χ2n) is 7.51. The van der Waals surface area contributed by atoms with Gasteiger partial charge in [0.25, 0.3) is 0 Å². The average Bonchev–Trinajstić information content (AvgIpc) is 3.19. The quantitative estimate of drug-likeness (QED) is 0.200. The van der Waals surface area contributed by atoms with Crippen LogP contribution in [0.5, 0.6) is 0 Å². The van der Waals surface area contributed by atoms with E-state index in [9.17, 15) is 0 Å². The zero-order chi connectivity index (χ0) is 21.4. The normalized spacial score (nSPS) is 15.6. The van der Waals surface area contributed by atoms with Crippen molar-refractivity contribution in [1.29, 1.82) is 0 Å². The van der Waals surface area contributed by atoms with Crippen molar-refractivity contribution in [2.75, 3.05) is 0 Å². The molecule has 0 radical (unpaired) electrons. The van der Waals surface area contributed by atoms with Crippen LogP contribution in [0.1, 0.15) is 16.8 Å². The lowest BCUT2D eigenvalue weighted by molar-refractivity contribution is 1.24. The largest absolute Gasteiger partial charge is 0.143 e. The number of fused-ring (bicyclic) bond motifs is 1. The van der Waals surface area contributed by atoms with Gasteiger partial charge in [-0.2, -0.15) is 0 Å². The molecule has 1 aliphatic carbocycles. The van der Waals surface area contributed by atoms with Crippen molar-refractivity contribution in [2.24, 2.45) is 0 Å². The van der Waals surface area contributed by atoms with Gasteiger partial charge in [0.05, 0.1) is 0 Å². The summed E-state index contributed by atoms with van der Waals surface area (Å²) in [5.74, 6) is 0. The van der Waals surface area contributed by atoms with E-state index in [1.165, 1.54) is 27.3 Å². The predicted octanol–water partition coefficient (Wildman–Crippen LogP) is 7.42. The summed E-state index contributed by atoms with van der Waals surface area (Å²) in [6, 6.07) is 32.3. The van der Waals surface area contributed by atoms with E-state index in [1.54, 1.807) is 0 Å². The van der Waals surface area contributed by atoms with Gasteiger partial charge in [-0.05, 0) is 47.4 Å². The Morgan fingerprint density at radius 1 is 0.677 bits per heavy atom. The first-order chi connectivity index (χ1) is 15.1. The van der Waals surface area contributed by atoms with Crippen molar-refractivity contribution in [1.82, 2.24) is 0 Å².